The van der Waals surface area contributed by atoms with Crippen molar-refractivity contribution < 1.29 is 4.79 Å². The lowest BCUT2D eigenvalue weighted by atomic mass is 10.1. The first-order valence-electron chi connectivity index (χ1n) is 9.19. The zero-order chi connectivity index (χ0) is 21.3. The van der Waals surface area contributed by atoms with Crippen LogP contribution in [0.2, 0.25) is 10.0 Å². The molecule has 5 nitrogen and oxygen atoms in total. The molecule has 0 unspecified atom stereocenters. The Morgan fingerprint density at radius 1 is 0.733 bits per heavy atom. The molecule has 3 aromatic carbocycles. The summed E-state index contributed by atoms with van der Waals surface area (Å²) >= 11 is 12.0. The lowest BCUT2D eigenvalue weighted by molar-refractivity contribution is 0.0972. The Morgan fingerprint density at radius 3 is 2.07 bits per heavy atom. The van der Waals surface area contributed by atoms with Crippen LogP contribution in [0.15, 0.2) is 82.4 Å². The summed E-state index contributed by atoms with van der Waals surface area (Å²) in [6, 6.07) is 20.7. The van der Waals surface area contributed by atoms with Crippen molar-refractivity contribution in [1.29, 1.82) is 0 Å². The van der Waals surface area contributed by atoms with E-state index < -0.39 is 11.1 Å². The van der Waals surface area contributed by atoms with E-state index in [1.165, 1.54) is 9.13 Å². The molecule has 0 radical (unpaired) electrons. The van der Waals surface area contributed by atoms with Crippen molar-refractivity contribution in [1.82, 2.24) is 9.13 Å². The number of hydrogen-bond donors (Lipinski definition) is 0. The number of hydrogen-bond acceptors (Lipinski definition) is 3. The third-order valence-corrected chi connectivity index (χ3v) is 5.33. The molecule has 0 fully saturated rings. The van der Waals surface area contributed by atoms with Gasteiger partial charge in [0.15, 0.2) is 5.78 Å². The Morgan fingerprint density at radius 2 is 1.37 bits per heavy atom. The van der Waals surface area contributed by atoms with Crippen LogP contribution in [0.4, 0.5) is 0 Å². The molecule has 30 heavy (non-hydrogen) atoms. The van der Waals surface area contributed by atoms with Gasteiger partial charge in [-0.15, -0.1) is 0 Å². The van der Waals surface area contributed by atoms with Crippen LogP contribution in [0.5, 0.6) is 0 Å². The van der Waals surface area contributed by atoms with Crippen LogP contribution in [-0.4, -0.2) is 14.9 Å². The first-order valence-corrected chi connectivity index (χ1v) is 9.95. The van der Waals surface area contributed by atoms with Gasteiger partial charge in [0, 0.05) is 15.6 Å². The van der Waals surface area contributed by atoms with Gasteiger partial charge in [0.25, 0.3) is 0 Å². The number of carbonyl (C=O) groups is 1. The molecule has 0 atom stereocenters. The van der Waals surface area contributed by atoms with E-state index in [0.29, 0.717) is 26.6 Å². The van der Waals surface area contributed by atoms with Crippen LogP contribution in [0.3, 0.4) is 0 Å². The average Bonchev–Trinajstić information content (AvgIpc) is 2.75. The third-order valence-electron chi connectivity index (χ3n) is 4.84. The topological polar surface area (TPSA) is 61.1 Å². The molecule has 0 N–H and O–H groups in total. The fourth-order valence-electron chi connectivity index (χ4n) is 3.34. The SMILES string of the molecule is O=C(Cn1c(=O)c(=O)n(Cc2ccccc2)c2ccc(Cl)cc21)c1ccc(Cl)cc1. The first-order chi connectivity index (χ1) is 14.4. The Kier molecular flexibility index (Phi) is 5.57. The number of ketones is 1. The molecule has 0 aliphatic heterocycles. The number of Topliss-reactive ketones (excluding diaryl/α,β-unsaturated/α-hetero) is 1. The van der Waals surface area contributed by atoms with Gasteiger partial charge in [0.1, 0.15) is 0 Å². The second kappa shape index (κ2) is 8.30. The molecule has 150 valence electrons. The fourth-order valence-corrected chi connectivity index (χ4v) is 3.63. The van der Waals surface area contributed by atoms with Crippen molar-refractivity contribution in [2.75, 3.05) is 0 Å². The van der Waals surface area contributed by atoms with Gasteiger partial charge >= 0.3 is 11.1 Å². The maximum atomic E-state index is 12.9. The summed E-state index contributed by atoms with van der Waals surface area (Å²) in [4.78, 5) is 38.6. The molecule has 0 bridgehead atoms. The average molecular weight is 439 g/mol. The molecule has 0 amide bonds. The molecule has 4 rings (SSSR count). The zero-order valence-corrected chi connectivity index (χ0v) is 17.2. The van der Waals surface area contributed by atoms with Gasteiger partial charge in [0.05, 0.1) is 24.1 Å². The number of aromatic nitrogens is 2. The van der Waals surface area contributed by atoms with Gasteiger partial charge < -0.3 is 0 Å². The highest BCUT2D eigenvalue weighted by atomic mass is 35.5. The van der Waals surface area contributed by atoms with Crippen molar-refractivity contribution in [2.45, 2.75) is 13.1 Å². The van der Waals surface area contributed by atoms with E-state index in [-0.39, 0.29) is 18.9 Å². The summed E-state index contributed by atoms with van der Waals surface area (Å²) in [6.07, 6.45) is 0. The van der Waals surface area contributed by atoms with Crippen molar-refractivity contribution in [2.24, 2.45) is 0 Å². The third kappa shape index (κ3) is 3.95. The summed E-state index contributed by atoms with van der Waals surface area (Å²) in [5, 5.41) is 0.906. The molecule has 0 aliphatic carbocycles. The monoisotopic (exact) mass is 438 g/mol. The fraction of sp³-hybridized carbons (Fsp3) is 0.0870. The molecule has 0 saturated carbocycles. The predicted octanol–water partition coefficient (Wildman–Crippen LogP) is 4.40. The first kappa shape index (κ1) is 20.1. The second-order valence-electron chi connectivity index (χ2n) is 6.83. The number of halogens is 2. The van der Waals surface area contributed by atoms with Crippen molar-refractivity contribution in [3.05, 3.63) is 115 Å². The van der Waals surface area contributed by atoms with E-state index in [1.54, 1.807) is 42.5 Å². The van der Waals surface area contributed by atoms with Crippen LogP contribution < -0.4 is 11.1 Å². The van der Waals surface area contributed by atoms with Crippen LogP contribution in [0.1, 0.15) is 15.9 Å². The lowest BCUT2D eigenvalue weighted by Crippen LogP contribution is -2.42. The molecule has 1 aromatic heterocycles. The van der Waals surface area contributed by atoms with Crippen LogP contribution in [-0.2, 0) is 13.1 Å². The lowest BCUT2D eigenvalue weighted by Gasteiger charge is -2.15. The molecular weight excluding hydrogens is 423 g/mol. The molecule has 0 spiro atoms. The van der Waals surface area contributed by atoms with E-state index in [4.69, 9.17) is 23.2 Å². The molecular formula is C23H16Cl2N2O3. The van der Waals surface area contributed by atoms with Crippen LogP contribution >= 0.6 is 23.2 Å². The number of fused-ring (bicyclic) bond motifs is 1. The predicted molar refractivity (Wildman–Crippen MR) is 119 cm³/mol. The van der Waals surface area contributed by atoms with Gasteiger partial charge in [-0.3, -0.25) is 23.5 Å². The second-order valence-corrected chi connectivity index (χ2v) is 7.70. The summed E-state index contributed by atoms with van der Waals surface area (Å²) < 4.78 is 2.59. The van der Waals surface area contributed by atoms with Crippen LogP contribution in [0, 0.1) is 0 Å². The highest BCUT2D eigenvalue weighted by Gasteiger charge is 2.17. The number of carbonyl (C=O) groups excluding carboxylic acids is 1. The van der Waals surface area contributed by atoms with E-state index in [0.717, 1.165) is 5.56 Å². The Balaban J connectivity index is 1.85. The van der Waals surface area contributed by atoms with Crippen LogP contribution in [0.25, 0.3) is 11.0 Å². The summed E-state index contributed by atoms with van der Waals surface area (Å²) in [5.41, 5.74) is 0.753. The Bertz CT molecular complexity index is 1360. The minimum atomic E-state index is -0.775. The highest BCUT2D eigenvalue weighted by Crippen LogP contribution is 2.19. The minimum absolute atomic E-state index is 0.235. The number of nitrogens with zero attached hydrogens (tertiary/aromatic N) is 2. The minimum Gasteiger partial charge on any atom is -0.298 e. The standard InChI is InChI=1S/C23H16Cl2N2O3/c24-17-8-6-16(7-9-17)21(28)14-27-20-12-18(25)10-11-19(20)26(22(29)23(27)30)13-15-4-2-1-3-5-15/h1-12H,13-14H2. The molecule has 4 aromatic rings. The van der Waals surface area contributed by atoms with Crippen molar-refractivity contribution >= 4 is 40.0 Å². The van der Waals surface area contributed by atoms with Gasteiger partial charge in [0.2, 0.25) is 0 Å². The largest absolute Gasteiger partial charge is 0.317 e. The summed E-state index contributed by atoms with van der Waals surface area (Å²) in [6.45, 7) is -0.0439. The quantitative estimate of drug-likeness (QED) is 0.342. The molecule has 1 heterocycles. The number of rotatable bonds is 5. The van der Waals surface area contributed by atoms with Gasteiger partial charge in [-0.2, -0.15) is 0 Å². The summed E-state index contributed by atoms with van der Waals surface area (Å²) in [5.74, 6) is -0.310. The van der Waals surface area contributed by atoms with Gasteiger partial charge in [-0.05, 0) is 48.0 Å². The van der Waals surface area contributed by atoms with E-state index in [2.05, 4.69) is 0 Å². The Hall–Kier alpha value is -3.15. The van der Waals surface area contributed by atoms with Gasteiger partial charge in [-0.1, -0.05) is 53.5 Å². The normalized spacial score (nSPS) is 11.0. The van der Waals surface area contributed by atoms with Gasteiger partial charge in [-0.25, -0.2) is 0 Å². The van der Waals surface area contributed by atoms with Crippen molar-refractivity contribution in [3.63, 3.8) is 0 Å². The highest BCUT2D eigenvalue weighted by molar-refractivity contribution is 6.31. The Labute approximate surface area is 181 Å². The number of benzene rings is 3. The van der Waals surface area contributed by atoms with E-state index in [9.17, 15) is 14.4 Å². The zero-order valence-electron chi connectivity index (χ0n) is 15.7. The van der Waals surface area contributed by atoms with E-state index >= 15 is 0 Å². The maximum Gasteiger partial charge on any atom is 0.317 e. The smallest absolute Gasteiger partial charge is 0.298 e. The molecule has 0 aliphatic rings. The molecule has 7 heteroatoms. The van der Waals surface area contributed by atoms with E-state index in [1.807, 2.05) is 30.3 Å². The van der Waals surface area contributed by atoms with Crippen molar-refractivity contribution in [3.8, 4) is 0 Å². The maximum absolute atomic E-state index is 12.9. The molecule has 0 saturated heterocycles. The summed E-state index contributed by atoms with van der Waals surface area (Å²) in [7, 11) is 0.